The third-order valence-corrected chi connectivity index (χ3v) is 1.59. The molecule has 0 radical (unpaired) electrons. The Balaban J connectivity index is 4.13. The maximum absolute atomic E-state index is 10.7. The first kappa shape index (κ1) is 11.4. The molecule has 12 heavy (non-hydrogen) atoms. The average molecular weight is 174 g/mol. The smallest absolute Gasteiger partial charge is 0.303 e. The van der Waals surface area contributed by atoms with Crippen molar-refractivity contribution in [2.24, 2.45) is 5.41 Å². The van der Waals surface area contributed by atoms with Gasteiger partial charge in [0.15, 0.2) is 0 Å². The van der Waals surface area contributed by atoms with Crippen LogP contribution in [0, 0.1) is 5.41 Å². The van der Waals surface area contributed by atoms with Gasteiger partial charge in [-0.2, -0.15) is 0 Å². The largest absolute Gasteiger partial charge is 0.460 e. The van der Waals surface area contributed by atoms with Gasteiger partial charge in [0.05, 0.1) is 6.61 Å². The number of carbonyl (C=O) groups excluding carboxylic acids is 1. The Morgan fingerprint density at radius 3 is 2.17 bits per heavy atom. The van der Waals surface area contributed by atoms with E-state index in [1.165, 1.54) is 6.92 Å². The topological polar surface area (TPSA) is 35.5 Å². The number of rotatable bonds is 3. The van der Waals surface area contributed by atoms with E-state index in [-0.39, 0.29) is 17.5 Å². The maximum Gasteiger partial charge on any atom is 0.303 e. The normalized spacial score (nSPS) is 14.1. The Morgan fingerprint density at radius 1 is 1.42 bits per heavy atom. The lowest BCUT2D eigenvalue weighted by Gasteiger charge is -2.29. The van der Waals surface area contributed by atoms with Crippen molar-refractivity contribution in [1.82, 2.24) is 0 Å². The zero-order valence-corrected chi connectivity index (χ0v) is 8.51. The molecule has 0 aliphatic carbocycles. The van der Waals surface area contributed by atoms with Crippen molar-refractivity contribution >= 4 is 5.97 Å². The van der Waals surface area contributed by atoms with E-state index in [0.717, 1.165) is 0 Å². The van der Waals surface area contributed by atoms with Gasteiger partial charge in [0.1, 0.15) is 6.10 Å². The lowest BCUT2D eigenvalue weighted by atomic mass is 9.89. The van der Waals surface area contributed by atoms with Gasteiger partial charge in [-0.1, -0.05) is 20.8 Å². The van der Waals surface area contributed by atoms with Crippen molar-refractivity contribution in [2.75, 3.05) is 13.7 Å². The van der Waals surface area contributed by atoms with E-state index in [1.807, 2.05) is 20.8 Å². The molecule has 0 aromatic carbocycles. The van der Waals surface area contributed by atoms with Crippen molar-refractivity contribution in [3.8, 4) is 0 Å². The molecule has 0 rings (SSSR count). The van der Waals surface area contributed by atoms with Crippen LogP contribution >= 0.6 is 0 Å². The molecule has 0 amide bonds. The third kappa shape index (κ3) is 4.34. The second kappa shape index (κ2) is 4.45. The van der Waals surface area contributed by atoms with Crippen LogP contribution in [0.3, 0.4) is 0 Å². The molecule has 0 aliphatic rings. The first-order valence-corrected chi connectivity index (χ1v) is 4.04. The zero-order chi connectivity index (χ0) is 9.78. The number of hydrogen-bond donors (Lipinski definition) is 0. The van der Waals surface area contributed by atoms with Crippen LogP contribution in [0.25, 0.3) is 0 Å². The molecule has 0 bridgehead atoms. The summed E-state index contributed by atoms with van der Waals surface area (Å²) in [7, 11) is 1.60. The van der Waals surface area contributed by atoms with Gasteiger partial charge in [-0.3, -0.25) is 4.79 Å². The molecule has 3 nitrogen and oxygen atoms in total. The van der Waals surface area contributed by atoms with E-state index in [0.29, 0.717) is 6.61 Å². The molecule has 1 unspecified atom stereocenters. The van der Waals surface area contributed by atoms with E-state index < -0.39 is 0 Å². The highest BCUT2D eigenvalue weighted by molar-refractivity contribution is 5.66. The molecular formula is C9H18O3. The Kier molecular flexibility index (Phi) is 4.24. The van der Waals surface area contributed by atoms with Crippen LogP contribution in [0.2, 0.25) is 0 Å². The van der Waals surface area contributed by atoms with Crippen LogP contribution in [0.4, 0.5) is 0 Å². The SMILES string of the molecule is COCC(OC(C)=O)C(C)(C)C. The van der Waals surface area contributed by atoms with Crippen molar-refractivity contribution in [1.29, 1.82) is 0 Å². The lowest BCUT2D eigenvalue weighted by molar-refractivity contribution is -0.155. The monoisotopic (exact) mass is 174 g/mol. The molecule has 0 spiro atoms. The van der Waals surface area contributed by atoms with E-state index in [2.05, 4.69) is 0 Å². The second-order valence-electron chi connectivity index (χ2n) is 3.92. The van der Waals surface area contributed by atoms with Crippen LogP contribution in [0.1, 0.15) is 27.7 Å². The van der Waals surface area contributed by atoms with Gasteiger partial charge in [0.2, 0.25) is 0 Å². The highest BCUT2D eigenvalue weighted by atomic mass is 16.6. The quantitative estimate of drug-likeness (QED) is 0.610. The van der Waals surface area contributed by atoms with Crippen LogP contribution in [0.15, 0.2) is 0 Å². The van der Waals surface area contributed by atoms with Gasteiger partial charge in [-0.05, 0) is 0 Å². The summed E-state index contributed by atoms with van der Waals surface area (Å²) in [5.74, 6) is -0.257. The summed E-state index contributed by atoms with van der Waals surface area (Å²) in [4.78, 5) is 10.7. The molecule has 0 aromatic rings. The molecule has 3 heteroatoms. The fourth-order valence-corrected chi connectivity index (χ4v) is 0.813. The van der Waals surface area contributed by atoms with Crippen LogP contribution < -0.4 is 0 Å². The first-order chi connectivity index (χ1) is 5.38. The van der Waals surface area contributed by atoms with Gasteiger partial charge < -0.3 is 9.47 Å². The van der Waals surface area contributed by atoms with Gasteiger partial charge in [0.25, 0.3) is 0 Å². The molecular weight excluding hydrogens is 156 g/mol. The summed E-state index contributed by atoms with van der Waals surface area (Å²) in [6.45, 7) is 7.90. The second-order valence-corrected chi connectivity index (χ2v) is 3.92. The Morgan fingerprint density at radius 2 is 1.92 bits per heavy atom. The molecule has 0 fully saturated rings. The van der Waals surface area contributed by atoms with E-state index in [9.17, 15) is 4.79 Å². The van der Waals surface area contributed by atoms with Crippen molar-refractivity contribution in [2.45, 2.75) is 33.8 Å². The zero-order valence-electron chi connectivity index (χ0n) is 8.51. The minimum atomic E-state index is -0.257. The number of esters is 1. The lowest BCUT2D eigenvalue weighted by Crippen LogP contribution is -2.34. The summed E-state index contributed by atoms with van der Waals surface area (Å²) in [5, 5.41) is 0. The molecule has 0 N–H and O–H groups in total. The predicted molar refractivity (Wildman–Crippen MR) is 46.9 cm³/mol. The van der Waals surface area contributed by atoms with Crippen LogP contribution in [-0.2, 0) is 14.3 Å². The van der Waals surface area contributed by atoms with Crippen molar-refractivity contribution < 1.29 is 14.3 Å². The third-order valence-electron chi connectivity index (χ3n) is 1.59. The summed E-state index contributed by atoms with van der Waals surface area (Å²) in [5.41, 5.74) is -0.0678. The molecule has 0 aliphatic heterocycles. The van der Waals surface area contributed by atoms with Crippen molar-refractivity contribution in [3.05, 3.63) is 0 Å². The molecule has 0 saturated carbocycles. The molecule has 0 aromatic heterocycles. The first-order valence-electron chi connectivity index (χ1n) is 4.04. The summed E-state index contributed by atoms with van der Waals surface area (Å²) >= 11 is 0. The van der Waals surface area contributed by atoms with E-state index >= 15 is 0 Å². The fraction of sp³-hybridized carbons (Fsp3) is 0.889. The van der Waals surface area contributed by atoms with E-state index in [4.69, 9.17) is 9.47 Å². The van der Waals surface area contributed by atoms with E-state index in [1.54, 1.807) is 7.11 Å². The molecule has 0 heterocycles. The standard InChI is InChI=1S/C9H18O3/c1-7(10)12-8(6-11-5)9(2,3)4/h8H,6H2,1-5H3. The molecule has 72 valence electrons. The van der Waals surface area contributed by atoms with Crippen LogP contribution in [0.5, 0.6) is 0 Å². The highest BCUT2D eigenvalue weighted by Gasteiger charge is 2.27. The fourth-order valence-electron chi connectivity index (χ4n) is 0.813. The number of carbonyl (C=O) groups is 1. The minimum absolute atomic E-state index is 0.0678. The Hall–Kier alpha value is -0.570. The molecule has 1 atom stereocenters. The number of methoxy groups -OCH3 is 1. The predicted octanol–water partition coefficient (Wildman–Crippen LogP) is 1.61. The average Bonchev–Trinajstić information content (AvgIpc) is 1.83. The van der Waals surface area contributed by atoms with Gasteiger partial charge >= 0.3 is 5.97 Å². The Bertz CT molecular complexity index is 146. The minimum Gasteiger partial charge on any atom is -0.460 e. The van der Waals surface area contributed by atoms with Crippen LogP contribution in [-0.4, -0.2) is 25.8 Å². The Labute approximate surface area is 74.0 Å². The number of ether oxygens (including phenoxy) is 2. The maximum atomic E-state index is 10.7. The van der Waals surface area contributed by atoms with Gasteiger partial charge in [-0.25, -0.2) is 0 Å². The summed E-state index contributed by atoms with van der Waals surface area (Å²) in [6.07, 6.45) is -0.167. The van der Waals surface area contributed by atoms with Gasteiger partial charge in [-0.15, -0.1) is 0 Å². The summed E-state index contributed by atoms with van der Waals surface area (Å²) < 4.78 is 10.0. The summed E-state index contributed by atoms with van der Waals surface area (Å²) in [6, 6.07) is 0. The highest BCUT2D eigenvalue weighted by Crippen LogP contribution is 2.22. The number of hydrogen-bond acceptors (Lipinski definition) is 3. The molecule has 0 saturated heterocycles. The van der Waals surface area contributed by atoms with Gasteiger partial charge in [0, 0.05) is 19.4 Å². The van der Waals surface area contributed by atoms with Crippen molar-refractivity contribution in [3.63, 3.8) is 0 Å².